The first-order valence-electron chi connectivity index (χ1n) is 14.3. The van der Waals surface area contributed by atoms with E-state index in [1.807, 2.05) is 68.4 Å². The molecule has 0 radical (unpaired) electrons. The second-order valence-corrected chi connectivity index (χ2v) is 13.1. The zero-order valence-corrected chi connectivity index (χ0v) is 26.9. The lowest BCUT2D eigenvalue weighted by Gasteiger charge is -2.34. The highest BCUT2D eigenvalue weighted by molar-refractivity contribution is 7.92. The van der Waals surface area contributed by atoms with Gasteiger partial charge in [0, 0.05) is 24.5 Å². The summed E-state index contributed by atoms with van der Waals surface area (Å²) in [6, 6.07) is 28.4. The van der Waals surface area contributed by atoms with Gasteiger partial charge in [0.15, 0.2) is 0 Å². The van der Waals surface area contributed by atoms with Crippen LogP contribution >= 0.6 is 23.2 Å². The standard InChI is InChI=1S/C34H35Cl2N3O4S/c1-3-19-37-34(41)32(21-26-12-6-4-7-13-26)38(23-27-14-10-11-25(2)20-27)33(40)24-39(31-22-28(35)17-18-30(31)36)44(42,43)29-15-8-5-9-16-29/h4-18,20,22,32H,3,19,21,23-24H2,1-2H3,(H,37,41)/t32-/m0/s1. The van der Waals surface area contributed by atoms with Crippen molar-refractivity contribution in [3.63, 3.8) is 0 Å². The lowest BCUT2D eigenvalue weighted by atomic mass is 10.0. The zero-order valence-electron chi connectivity index (χ0n) is 24.6. The Kier molecular flexibility index (Phi) is 11.4. The number of carbonyl (C=O) groups excluding carboxylic acids is 2. The predicted molar refractivity (Wildman–Crippen MR) is 176 cm³/mol. The van der Waals surface area contributed by atoms with E-state index >= 15 is 0 Å². The molecule has 1 N–H and O–H groups in total. The molecule has 0 unspecified atom stereocenters. The molecule has 4 aromatic rings. The summed E-state index contributed by atoms with van der Waals surface area (Å²) >= 11 is 12.8. The van der Waals surface area contributed by atoms with Gasteiger partial charge in [-0.1, -0.05) is 108 Å². The minimum atomic E-state index is -4.28. The Bertz CT molecular complexity index is 1690. The van der Waals surface area contributed by atoms with Gasteiger partial charge in [-0.2, -0.15) is 0 Å². The number of anilines is 1. The van der Waals surface area contributed by atoms with Crippen LogP contribution in [0.5, 0.6) is 0 Å². The Morgan fingerprint density at radius 3 is 2.16 bits per heavy atom. The van der Waals surface area contributed by atoms with E-state index in [0.717, 1.165) is 21.0 Å². The molecule has 1 atom stereocenters. The molecule has 0 aliphatic carbocycles. The number of rotatable bonds is 13. The Morgan fingerprint density at radius 1 is 0.841 bits per heavy atom. The molecule has 0 spiro atoms. The van der Waals surface area contributed by atoms with Crippen molar-refractivity contribution in [3.05, 3.63) is 130 Å². The second-order valence-electron chi connectivity index (χ2n) is 10.4. The Labute approximate surface area is 269 Å². The van der Waals surface area contributed by atoms with E-state index in [4.69, 9.17) is 23.2 Å². The smallest absolute Gasteiger partial charge is 0.264 e. The quantitative estimate of drug-likeness (QED) is 0.175. The fourth-order valence-electron chi connectivity index (χ4n) is 4.84. The van der Waals surface area contributed by atoms with Gasteiger partial charge in [-0.3, -0.25) is 13.9 Å². The van der Waals surface area contributed by atoms with Crippen molar-refractivity contribution in [1.29, 1.82) is 0 Å². The number of sulfonamides is 1. The number of nitrogens with one attached hydrogen (secondary N) is 1. The van der Waals surface area contributed by atoms with Gasteiger partial charge in [0.25, 0.3) is 10.0 Å². The maximum absolute atomic E-state index is 14.5. The van der Waals surface area contributed by atoms with Gasteiger partial charge >= 0.3 is 0 Å². The van der Waals surface area contributed by atoms with E-state index in [9.17, 15) is 18.0 Å². The Balaban J connectivity index is 1.82. The van der Waals surface area contributed by atoms with Gasteiger partial charge in [-0.25, -0.2) is 8.42 Å². The number of aryl methyl sites for hydroxylation is 1. The maximum Gasteiger partial charge on any atom is 0.264 e. The first-order valence-corrected chi connectivity index (χ1v) is 16.5. The fourth-order valence-corrected chi connectivity index (χ4v) is 6.72. The highest BCUT2D eigenvalue weighted by atomic mass is 35.5. The Hall–Kier alpha value is -3.85. The van der Waals surface area contributed by atoms with Crippen LogP contribution in [-0.2, 0) is 32.6 Å². The van der Waals surface area contributed by atoms with Crippen LogP contribution in [0.15, 0.2) is 108 Å². The lowest BCUT2D eigenvalue weighted by Crippen LogP contribution is -2.53. The van der Waals surface area contributed by atoms with E-state index < -0.39 is 28.5 Å². The van der Waals surface area contributed by atoms with E-state index in [2.05, 4.69) is 5.32 Å². The molecule has 4 rings (SSSR count). The molecule has 0 aliphatic rings. The molecule has 230 valence electrons. The largest absolute Gasteiger partial charge is 0.354 e. The second kappa shape index (κ2) is 15.2. The van der Waals surface area contributed by atoms with Gasteiger partial charge in [0.1, 0.15) is 12.6 Å². The molecule has 44 heavy (non-hydrogen) atoms. The van der Waals surface area contributed by atoms with Crippen molar-refractivity contribution in [3.8, 4) is 0 Å². The summed E-state index contributed by atoms with van der Waals surface area (Å²) in [5.74, 6) is -0.899. The summed E-state index contributed by atoms with van der Waals surface area (Å²) < 4.78 is 29.1. The number of amides is 2. The summed E-state index contributed by atoms with van der Waals surface area (Å²) in [7, 11) is -4.28. The zero-order chi connectivity index (χ0) is 31.7. The average Bonchev–Trinajstić information content (AvgIpc) is 3.02. The average molecular weight is 653 g/mol. The number of carbonyl (C=O) groups is 2. The maximum atomic E-state index is 14.5. The van der Waals surface area contributed by atoms with Crippen molar-refractivity contribution >= 4 is 50.7 Å². The van der Waals surface area contributed by atoms with E-state index in [0.29, 0.717) is 13.0 Å². The topological polar surface area (TPSA) is 86.8 Å². The number of halogens is 2. The number of benzene rings is 4. The third kappa shape index (κ3) is 8.40. The first-order chi connectivity index (χ1) is 21.1. The van der Waals surface area contributed by atoms with Gasteiger partial charge in [0.05, 0.1) is 15.6 Å². The predicted octanol–water partition coefficient (Wildman–Crippen LogP) is 6.66. The van der Waals surface area contributed by atoms with Crippen molar-refractivity contribution in [2.24, 2.45) is 0 Å². The van der Waals surface area contributed by atoms with Crippen LogP contribution in [0.25, 0.3) is 0 Å². The highest BCUT2D eigenvalue weighted by Gasteiger charge is 2.35. The summed E-state index contributed by atoms with van der Waals surface area (Å²) in [5, 5.41) is 3.30. The Morgan fingerprint density at radius 2 is 1.50 bits per heavy atom. The molecule has 0 bridgehead atoms. The molecule has 7 nitrogen and oxygen atoms in total. The van der Waals surface area contributed by atoms with Gasteiger partial charge < -0.3 is 10.2 Å². The van der Waals surface area contributed by atoms with Crippen LogP contribution in [0, 0.1) is 6.92 Å². The molecule has 10 heteroatoms. The molecular weight excluding hydrogens is 617 g/mol. The number of hydrogen-bond donors (Lipinski definition) is 1. The fraction of sp³-hybridized carbons (Fsp3) is 0.235. The first kappa shape index (κ1) is 33.1. The number of hydrogen-bond acceptors (Lipinski definition) is 4. The van der Waals surface area contributed by atoms with Crippen molar-refractivity contribution in [2.45, 2.75) is 44.2 Å². The van der Waals surface area contributed by atoms with Crippen LogP contribution in [0.2, 0.25) is 10.0 Å². The van der Waals surface area contributed by atoms with Crippen LogP contribution in [0.1, 0.15) is 30.0 Å². The summed E-state index contributed by atoms with van der Waals surface area (Å²) in [6.45, 7) is 3.79. The van der Waals surface area contributed by atoms with Crippen LogP contribution < -0.4 is 9.62 Å². The molecule has 0 saturated carbocycles. The van der Waals surface area contributed by atoms with Crippen LogP contribution in [0.4, 0.5) is 5.69 Å². The molecular formula is C34H35Cl2N3O4S. The van der Waals surface area contributed by atoms with Crippen molar-refractivity contribution < 1.29 is 18.0 Å². The van der Waals surface area contributed by atoms with Gasteiger partial charge in [-0.05, 0) is 54.8 Å². The molecule has 0 aliphatic heterocycles. The van der Waals surface area contributed by atoms with Crippen molar-refractivity contribution in [2.75, 3.05) is 17.4 Å². The third-order valence-electron chi connectivity index (χ3n) is 7.04. The van der Waals surface area contributed by atoms with E-state index in [1.165, 1.54) is 29.2 Å². The molecule has 0 saturated heterocycles. The van der Waals surface area contributed by atoms with E-state index in [1.54, 1.807) is 24.3 Å². The van der Waals surface area contributed by atoms with Crippen LogP contribution in [0.3, 0.4) is 0 Å². The minimum absolute atomic E-state index is 0.0180. The summed E-state index contributed by atoms with van der Waals surface area (Å²) in [5.41, 5.74) is 2.71. The minimum Gasteiger partial charge on any atom is -0.354 e. The SMILES string of the molecule is CCCNC(=O)[C@H](Cc1ccccc1)N(Cc1cccc(C)c1)C(=O)CN(c1cc(Cl)ccc1Cl)S(=O)(=O)c1ccccc1. The molecule has 4 aromatic carbocycles. The van der Waals surface area contributed by atoms with Gasteiger partial charge in [-0.15, -0.1) is 0 Å². The molecule has 0 heterocycles. The van der Waals surface area contributed by atoms with Gasteiger partial charge in [0.2, 0.25) is 11.8 Å². The highest BCUT2D eigenvalue weighted by Crippen LogP contribution is 2.33. The molecule has 2 amide bonds. The number of nitrogens with zero attached hydrogens (tertiary/aromatic N) is 2. The normalized spacial score (nSPS) is 11.9. The van der Waals surface area contributed by atoms with Crippen LogP contribution in [-0.4, -0.2) is 44.3 Å². The summed E-state index contributed by atoms with van der Waals surface area (Å²) in [4.78, 5) is 29.6. The lowest BCUT2D eigenvalue weighted by molar-refractivity contribution is -0.140. The molecule has 0 aromatic heterocycles. The molecule has 0 fully saturated rings. The summed E-state index contributed by atoms with van der Waals surface area (Å²) in [6.07, 6.45) is 0.948. The van der Waals surface area contributed by atoms with Crippen molar-refractivity contribution in [1.82, 2.24) is 10.2 Å². The monoisotopic (exact) mass is 651 g/mol. The van der Waals surface area contributed by atoms with E-state index in [-0.39, 0.29) is 39.5 Å². The third-order valence-corrected chi connectivity index (χ3v) is 9.37.